The molecule has 138 valence electrons. The minimum atomic E-state index is -1.21. The van der Waals surface area contributed by atoms with Gasteiger partial charge in [0.25, 0.3) is 5.91 Å². The molecule has 1 aliphatic heterocycles. The van der Waals surface area contributed by atoms with Crippen LogP contribution < -0.4 is 5.32 Å². The highest BCUT2D eigenvalue weighted by molar-refractivity contribution is 7.09. The summed E-state index contributed by atoms with van der Waals surface area (Å²) < 4.78 is 5.45. The fourth-order valence-electron chi connectivity index (χ4n) is 2.81. The summed E-state index contributed by atoms with van der Waals surface area (Å²) in [5.74, 6) is -0.429. The summed E-state index contributed by atoms with van der Waals surface area (Å²) in [5, 5.41) is 15.2. The molecule has 2 N–H and O–H groups in total. The van der Waals surface area contributed by atoms with Crippen molar-refractivity contribution in [3.63, 3.8) is 0 Å². The highest BCUT2D eigenvalue weighted by Gasteiger charge is 2.49. The van der Waals surface area contributed by atoms with Crippen molar-refractivity contribution in [2.45, 2.75) is 25.2 Å². The van der Waals surface area contributed by atoms with Crippen LogP contribution in [0.2, 0.25) is 5.02 Å². The third-order valence-electron chi connectivity index (χ3n) is 4.20. The van der Waals surface area contributed by atoms with Crippen LogP contribution in [0.1, 0.15) is 17.4 Å². The molecule has 0 unspecified atom stereocenters. The molecule has 3 amide bonds. The number of nitrogens with one attached hydrogen (secondary N) is 1. The zero-order valence-electron chi connectivity index (χ0n) is 14.1. The molecule has 1 fully saturated rings. The lowest BCUT2D eigenvalue weighted by Gasteiger charge is -2.23. The summed E-state index contributed by atoms with van der Waals surface area (Å²) in [5.41, 5.74) is -0.617. The average molecular weight is 395 g/mol. The maximum atomic E-state index is 12.8. The minimum Gasteiger partial charge on any atom is -0.389 e. The largest absolute Gasteiger partial charge is 0.389 e. The number of urea groups is 1. The number of hydrogen-bond donors (Lipinski definition) is 2. The van der Waals surface area contributed by atoms with E-state index >= 15 is 0 Å². The van der Waals surface area contributed by atoms with E-state index in [9.17, 15) is 14.7 Å². The van der Waals surface area contributed by atoms with Crippen LogP contribution in [0.4, 0.5) is 4.79 Å². The normalized spacial score (nSPS) is 21.1. The van der Waals surface area contributed by atoms with Gasteiger partial charge in [-0.25, -0.2) is 4.79 Å². The molecule has 1 aliphatic rings. The number of aliphatic hydroxyl groups is 1. The van der Waals surface area contributed by atoms with Gasteiger partial charge in [-0.3, -0.25) is 9.69 Å². The van der Waals surface area contributed by atoms with Crippen molar-refractivity contribution in [2.24, 2.45) is 0 Å². The van der Waals surface area contributed by atoms with E-state index in [1.165, 1.54) is 0 Å². The van der Waals surface area contributed by atoms with Crippen LogP contribution in [0.5, 0.6) is 0 Å². The second-order valence-corrected chi connectivity index (χ2v) is 7.70. The molecule has 3 rings (SSSR count). The molecule has 0 saturated carbocycles. The van der Waals surface area contributed by atoms with Crippen LogP contribution in [0.25, 0.3) is 0 Å². The van der Waals surface area contributed by atoms with E-state index in [1.807, 2.05) is 17.5 Å². The molecule has 26 heavy (non-hydrogen) atoms. The van der Waals surface area contributed by atoms with Crippen LogP contribution in [-0.4, -0.2) is 41.2 Å². The quantitative estimate of drug-likeness (QED) is 0.708. The number of carbonyl (C=O) groups excluding carboxylic acids is 2. The number of hydrogen-bond acceptors (Lipinski definition) is 5. The Morgan fingerprint density at radius 1 is 1.35 bits per heavy atom. The van der Waals surface area contributed by atoms with Crippen LogP contribution in [0.3, 0.4) is 0 Å². The fourth-order valence-corrected chi connectivity index (χ4v) is 3.64. The molecule has 0 spiro atoms. The summed E-state index contributed by atoms with van der Waals surface area (Å²) in [4.78, 5) is 27.1. The first kappa shape index (κ1) is 18.8. The van der Waals surface area contributed by atoms with Gasteiger partial charge in [-0.2, -0.15) is 0 Å². The van der Waals surface area contributed by atoms with E-state index in [0.29, 0.717) is 17.2 Å². The number of ether oxygens (including phenoxy) is 1. The van der Waals surface area contributed by atoms with E-state index in [4.69, 9.17) is 16.3 Å². The van der Waals surface area contributed by atoms with Crippen molar-refractivity contribution < 1.29 is 19.4 Å². The SMILES string of the molecule is C[C@@]1(c2cccc(Cl)c2)NC(=O)N(C[C@@H](O)COCc2cccs2)C1=O. The van der Waals surface area contributed by atoms with Gasteiger partial charge < -0.3 is 15.2 Å². The van der Waals surface area contributed by atoms with Crippen molar-refractivity contribution in [3.05, 3.63) is 57.2 Å². The van der Waals surface area contributed by atoms with Gasteiger partial charge in [0.2, 0.25) is 0 Å². The topological polar surface area (TPSA) is 78.9 Å². The molecule has 1 aromatic carbocycles. The zero-order chi connectivity index (χ0) is 18.7. The van der Waals surface area contributed by atoms with E-state index < -0.39 is 23.6 Å². The maximum Gasteiger partial charge on any atom is 0.325 e. The molecule has 2 heterocycles. The second kappa shape index (κ2) is 7.75. The number of nitrogens with zero attached hydrogens (tertiary/aromatic N) is 1. The first-order valence-corrected chi connectivity index (χ1v) is 9.34. The van der Waals surface area contributed by atoms with Gasteiger partial charge in [-0.05, 0) is 36.1 Å². The lowest BCUT2D eigenvalue weighted by atomic mass is 9.92. The van der Waals surface area contributed by atoms with E-state index in [-0.39, 0.29) is 13.2 Å². The van der Waals surface area contributed by atoms with Crippen molar-refractivity contribution in [3.8, 4) is 0 Å². The van der Waals surface area contributed by atoms with Crippen molar-refractivity contribution in [1.29, 1.82) is 0 Å². The third kappa shape index (κ3) is 3.91. The predicted octanol–water partition coefficient (Wildman–Crippen LogP) is 2.75. The minimum absolute atomic E-state index is 0.0306. The smallest absolute Gasteiger partial charge is 0.325 e. The Kier molecular flexibility index (Phi) is 5.62. The third-order valence-corrected chi connectivity index (χ3v) is 5.29. The number of amides is 3. The Hall–Kier alpha value is -1.93. The fraction of sp³-hybridized carbons (Fsp3) is 0.333. The molecule has 0 radical (unpaired) electrons. The van der Waals surface area contributed by atoms with Crippen molar-refractivity contribution >= 4 is 34.9 Å². The maximum absolute atomic E-state index is 12.8. The number of carbonyl (C=O) groups is 2. The summed E-state index contributed by atoms with van der Waals surface area (Å²) >= 11 is 7.56. The van der Waals surface area contributed by atoms with Gasteiger partial charge >= 0.3 is 6.03 Å². The number of rotatable bonds is 7. The van der Waals surface area contributed by atoms with Gasteiger partial charge in [-0.1, -0.05) is 29.8 Å². The predicted molar refractivity (Wildman–Crippen MR) is 99.0 cm³/mol. The first-order valence-electron chi connectivity index (χ1n) is 8.08. The van der Waals surface area contributed by atoms with E-state index in [2.05, 4.69) is 5.32 Å². The number of β-amino-alcohol motifs (C(OH)–C–C–N with tert-alkyl or cyclic N) is 1. The van der Waals surface area contributed by atoms with Crippen LogP contribution in [-0.2, 0) is 21.7 Å². The van der Waals surface area contributed by atoms with Crippen molar-refractivity contribution in [2.75, 3.05) is 13.2 Å². The second-order valence-electron chi connectivity index (χ2n) is 6.23. The average Bonchev–Trinajstić information content (AvgIpc) is 3.18. The number of thiophene rings is 1. The highest BCUT2D eigenvalue weighted by atomic mass is 35.5. The first-order chi connectivity index (χ1) is 12.4. The molecular formula is C18H19ClN2O4S. The summed E-state index contributed by atoms with van der Waals surface area (Å²) in [7, 11) is 0. The Labute approximate surface area is 160 Å². The Bertz CT molecular complexity index is 798. The standard InChI is InChI=1S/C18H19ClN2O4S/c1-18(12-4-2-5-13(19)8-12)16(23)21(17(24)20-18)9-14(22)10-25-11-15-6-3-7-26-15/h2-8,14,22H,9-11H2,1H3,(H,20,24)/t14-,18+/m1/s1. The molecular weight excluding hydrogens is 376 g/mol. The molecule has 1 saturated heterocycles. The van der Waals surface area contributed by atoms with Gasteiger partial charge in [-0.15, -0.1) is 11.3 Å². The van der Waals surface area contributed by atoms with Crippen molar-refractivity contribution in [1.82, 2.24) is 10.2 Å². The van der Waals surface area contributed by atoms with E-state index in [0.717, 1.165) is 9.78 Å². The number of aliphatic hydroxyl groups excluding tert-OH is 1. The monoisotopic (exact) mass is 394 g/mol. The lowest BCUT2D eigenvalue weighted by Crippen LogP contribution is -2.42. The molecule has 0 bridgehead atoms. The van der Waals surface area contributed by atoms with Gasteiger partial charge in [0.15, 0.2) is 0 Å². The van der Waals surface area contributed by atoms with Crippen LogP contribution in [0.15, 0.2) is 41.8 Å². The summed E-state index contributed by atoms with van der Waals surface area (Å²) in [6.45, 7) is 1.90. The molecule has 2 atom stereocenters. The summed E-state index contributed by atoms with van der Waals surface area (Å²) in [6, 6.07) is 10.1. The molecule has 2 aromatic rings. The molecule has 0 aliphatic carbocycles. The van der Waals surface area contributed by atoms with Gasteiger partial charge in [0.1, 0.15) is 5.54 Å². The Morgan fingerprint density at radius 3 is 2.85 bits per heavy atom. The molecule has 6 nitrogen and oxygen atoms in total. The lowest BCUT2D eigenvalue weighted by molar-refractivity contribution is -0.132. The molecule has 1 aromatic heterocycles. The number of imide groups is 1. The van der Waals surface area contributed by atoms with Gasteiger partial charge in [0, 0.05) is 9.90 Å². The number of halogens is 1. The van der Waals surface area contributed by atoms with Crippen LogP contribution >= 0.6 is 22.9 Å². The molecule has 8 heteroatoms. The highest BCUT2D eigenvalue weighted by Crippen LogP contribution is 2.30. The number of benzene rings is 1. The Balaban J connectivity index is 1.61. The zero-order valence-corrected chi connectivity index (χ0v) is 15.7. The van der Waals surface area contributed by atoms with Crippen LogP contribution in [0, 0.1) is 0 Å². The summed E-state index contributed by atoms with van der Waals surface area (Å²) in [6.07, 6.45) is -0.966. The Morgan fingerprint density at radius 2 is 2.15 bits per heavy atom. The van der Waals surface area contributed by atoms with Gasteiger partial charge in [0.05, 0.1) is 25.9 Å². The van der Waals surface area contributed by atoms with E-state index in [1.54, 1.807) is 42.5 Å².